The molecule has 1 amide bonds. The number of nitrogens with zero attached hydrogens (tertiary/aromatic N) is 4. The van der Waals surface area contributed by atoms with E-state index < -0.39 is 12.1 Å². The van der Waals surface area contributed by atoms with Gasteiger partial charge in [0, 0.05) is 23.6 Å². The highest BCUT2D eigenvalue weighted by atomic mass is 16.6. The third-order valence-corrected chi connectivity index (χ3v) is 6.47. The lowest BCUT2D eigenvalue weighted by atomic mass is 9.94. The number of carboxylic acid groups (broad SMARTS) is 1. The molecular weight excluding hydrogens is 432 g/mol. The van der Waals surface area contributed by atoms with E-state index in [0.29, 0.717) is 22.4 Å². The molecule has 0 saturated heterocycles. The standard InChI is InChI=1S/C26H24N4O4/c1-14-22(25(31)32)15(2)24(16(3)23(14)28-29-27)30(4)26(33)34-13-21-19-11-7-5-9-17(19)18-10-6-8-12-20(18)21/h5-12,21H,13H2,1-4H3,(H,31,32). The van der Waals surface area contributed by atoms with Gasteiger partial charge in [0.2, 0.25) is 0 Å². The van der Waals surface area contributed by atoms with Gasteiger partial charge in [0.05, 0.1) is 11.3 Å². The third kappa shape index (κ3) is 3.64. The molecule has 0 fully saturated rings. The molecule has 0 saturated carbocycles. The fourth-order valence-electron chi connectivity index (χ4n) is 4.99. The minimum atomic E-state index is -1.16. The van der Waals surface area contributed by atoms with E-state index in [1.54, 1.807) is 20.8 Å². The Balaban J connectivity index is 1.66. The van der Waals surface area contributed by atoms with E-state index in [4.69, 9.17) is 10.3 Å². The topological polar surface area (TPSA) is 116 Å². The summed E-state index contributed by atoms with van der Waals surface area (Å²) < 4.78 is 5.73. The number of hydrogen-bond acceptors (Lipinski definition) is 4. The molecule has 172 valence electrons. The summed E-state index contributed by atoms with van der Waals surface area (Å²) in [7, 11) is 1.52. The number of anilines is 1. The molecule has 0 bridgehead atoms. The van der Waals surface area contributed by atoms with Crippen LogP contribution in [-0.4, -0.2) is 30.8 Å². The molecule has 1 aliphatic rings. The Hall–Kier alpha value is -4.29. The van der Waals surface area contributed by atoms with Crippen molar-refractivity contribution in [3.63, 3.8) is 0 Å². The summed E-state index contributed by atoms with van der Waals surface area (Å²) in [5.41, 5.74) is 15.2. The lowest BCUT2D eigenvalue weighted by Crippen LogP contribution is -2.30. The highest BCUT2D eigenvalue weighted by molar-refractivity contribution is 5.99. The zero-order valence-electron chi connectivity index (χ0n) is 19.4. The highest BCUT2D eigenvalue weighted by Gasteiger charge is 2.30. The molecule has 8 heteroatoms. The van der Waals surface area contributed by atoms with Crippen LogP contribution in [0.1, 0.15) is 44.1 Å². The van der Waals surface area contributed by atoms with Crippen molar-refractivity contribution >= 4 is 23.4 Å². The first-order valence-electron chi connectivity index (χ1n) is 10.8. The summed E-state index contributed by atoms with van der Waals surface area (Å²) in [6.07, 6.45) is -0.625. The van der Waals surface area contributed by atoms with Crippen molar-refractivity contribution in [2.45, 2.75) is 26.7 Å². The molecule has 0 spiro atoms. The van der Waals surface area contributed by atoms with E-state index in [1.165, 1.54) is 11.9 Å². The Labute approximate surface area is 197 Å². The van der Waals surface area contributed by atoms with Crippen LogP contribution in [0.25, 0.3) is 21.6 Å². The molecule has 0 heterocycles. The smallest absolute Gasteiger partial charge is 0.414 e. The van der Waals surface area contributed by atoms with Gasteiger partial charge < -0.3 is 9.84 Å². The van der Waals surface area contributed by atoms with Crippen LogP contribution in [0.15, 0.2) is 53.6 Å². The summed E-state index contributed by atoms with van der Waals surface area (Å²) in [4.78, 5) is 29.1. The first kappa shape index (κ1) is 22.9. The van der Waals surface area contributed by atoms with Crippen molar-refractivity contribution in [2.75, 3.05) is 18.6 Å². The predicted octanol–water partition coefficient (Wildman–Crippen LogP) is 6.64. The predicted molar refractivity (Wildman–Crippen MR) is 130 cm³/mol. The molecule has 3 aromatic rings. The average Bonchev–Trinajstić information content (AvgIpc) is 3.13. The van der Waals surface area contributed by atoms with Gasteiger partial charge in [-0.05, 0) is 65.2 Å². The maximum absolute atomic E-state index is 13.1. The molecule has 1 aliphatic carbocycles. The number of aromatic carboxylic acids is 1. The van der Waals surface area contributed by atoms with Gasteiger partial charge in [-0.15, -0.1) is 0 Å². The Kier molecular flexibility index (Phi) is 6.01. The van der Waals surface area contributed by atoms with Crippen molar-refractivity contribution in [1.82, 2.24) is 0 Å². The second-order valence-electron chi connectivity index (χ2n) is 8.30. The number of hydrogen-bond donors (Lipinski definition) is 1. The van der Waals surface area contributed by atoms with E-state index in [9.17, 15) is 14.7 Å². The molecule has 8 nitrogen and oxygen atoms in total. The second-order valence-corrected chi connectivity index (χ2v) is 8.30. The van der Waals surface area contributed by atoms with Gasteiger partial charge in [0.1, 0.15) is 6.61 Å². The molecular formula is C26H24N4O4. The lowest BCUT2D eigenvalue weighted by molar-refractivity contribution is 0.0695. The van der Waals surface area contributed by atoms with Gasteiger partial charge in [-0.3, -0.25) is 4.90 Å². The molecule has 0 aromatic heterocycles. The molecule has 1 N–H and O–H groups in total. The van der Waals surface area contributed by atoms with Crippen LogP contribution >= 0.6 is 0 Å². The number of amides is 1. The van der Waals surface area contributed by atoms with E-state index >= 15 is 0 Å². The van der Waals surface area contributed by atoms with Gasteiger partial charge in [-0.2, -0.15) is 0 Å². The highest BCUT2D eigenvalue weighted by Crippen LogP contribution is 2.45. The maximum atomic E-state index is 13.1. The summed E-state index contributed by atoms with van der Waals surface area (Å²) in [6, 6.07) is 16.1. The monoisotopic (exact) mass is 456 g/mol. The molecule has 0 aliphatic heterocycles. The third-order valence-electron chi connectivity index (χ3n) is 6.47. The van der Waals surface area contributed by atoms with Crippen LogP contribution in [0.3, 0.4) is 0 Å². The van der Waals surface area contributed by atoms with Crippen molar-refractivity contribution in [3.8, 4) is 11.1 Å². The zero-order chi connectivity index (χ0) is 24.6. The summed E-state index contributed by atoms with van der Waals surface area (Å²) in [6.45, 7) is 5.05. The number of azide groups is 1. The number of carboxylic acids is 1. The molecule has 34 heavy (non-hydrogen) atoms. The van der Waals surface area contributed by atoms with E-state index in [-0.39, 0.29) is 23.8 Å². The quantitative estimate of drug-likeness (QED) is 0.263. The number of carbonyl (C=O) groups is 2. The largest absolute Gasteiger partial charge is 0.478 e. The van der Waals surface area contributed by atoms with Crippen molar-refractivity contribution in [3.05, 3.63) is 92.4 Å². The van der Waals surface area contributed by atoms with Crippen molar-refractivity contribution in [1.29, 1.82) is 0 Å². The summed E-state index contributed by atoms with van der Waals surface area (Å²) in [5, 5.41) is 13.4. The van der Waals surface area contributed by atoms with Crippen LogP contribution in [0, 0.1) is 20.8 Å². The Morgan fingerprint density at radius 3 is 2.09 bits per heavy atom. The van der Waals surface area contributed by atoms with Crippen LogP contribution in [-0.2, 0) is 4.74 Å². The van der Waals surface area contributed by atoms with Gasteiger partial charge in [0.15, 0.2) is 0 Å². The first-order chi connectivity index (χ1) is 16.3. The number of rotatable bonds is 5. The van der Waals surface area contributed by atoms with E-state index in [0.717, 1.165) is 22.3 Å². The van der Waals surface area contributed by atoms with Gasteiger partial charge in [-0.25, -0.2) is 9.59 Å². The first-order valence-corrected chi connectivity index (χ1v) is 10.8. The average molecular weight is 457 g/mol. The van der Waals surface area contributed by atoms with Crippen LogP contribution in [0.5, 0.6) is 0 Å². The van der Waals surface area contributed by atoms with Crippen LogP contribution in [0.2, 0.25) is 0 Å². The van der Waals surface area contributed by atoms with E-state index in [1.807, 2.05) is 36.4 Å². The van der Waals surface area contributed by atoms with Crippen molar-refractivity contribution < 1.29 is 19.4 Å². The fourth-order valence-corrected chi connectivity index (χ4v) is 4.99. The minimum absolute atomic E-state index is 0.00120. The number of benzene rings is 3. The lowest BCUT2D eigenvalue weighted by Gasteiger charge is -2.25. The Morgan fingerprint density at radius 1 is 1.00 bits per heavy atom. The minimum Gasteiger partial charge on any atom is -0.478 e. The normalized spacial score (nSPS) is 11.9. The van der Waals surface area contributed by atoms with Crippen LogP contribution < -0.4 is 4.90 Å². The van der Waals surface area contributed by atoms with E-state index in [2.05, 4.69) is 22.2 Å². The fraction of sp³-hybridized carbons (Fsp3) is 0.231. The SMILES string of the molecule is Cc1c(N=[N+]=[N-])c(C)c(N(C)C(=O)OCC2c3ccccc3-c3ccccc32)c(C)c1C(=O)O. The molecule has 4 rings (SSSR count). The summed E-state index contributed by atoms with van der Waals surface area (Å²) >= 11 is 0. The number of fused-ring (bicyclic) bond motifs is 3. The number of ether oxygens (including phenoxy) is 1. The molecule has 0 unspecified atom stereocenters. The van der Waals surface area contributed by atoms with Gasteiger partial charge >= 0.3 is 12.1 Å². The van der Waals surface area contributed by atoms with Gasteiger partial charge in [-0.1, -0.05) is 53.6 Å². The summed E-state index contributed by atoms with van der Waals surface area (Å²) in [5.74, 6) is -1.26. The van der Waals surface area contributed by atoms with Crippen molar-refractivity contribution in [2.24, 2.45) is 5.11 Å². The molecule has 0 atom stereocenters. The Bertz CT molecular complexity index is 1300. The number of carbonyl (C=O) groups excluding carboxylic acids is 1. The van der Waals surface area contributed by atoms with Gasteiger partial charge in [0.25, 0.3) is 0 Å². The maximum Gasteiger partial charge on any atom is 0.414 e. The van der Waals surface area contributed by atoms with Crippen LogP contribution in [0.4, 0.5) is 16.2 Å². The molecule has 0 radical (unpaired) electrons. The Morgan fingerprint density at radius 2 is 1.56 bits per heavy atom. The second kappa shape index (κ2) is 8.92. The zero-order valence-corrected chi connectivity index (χ0v) is 19.4. The molecule has 3 aromatic carbocycles.